The van der Waals surface area contributed by atoms with Crippen LogP contribution in [0.25, 0.3) is 6.08 Å². The number of benzene rings is 3. The highest BCUT2D eigenvalue weighted by atomic mass is 35.5. The van der Waals surface area contributed by atoms with E-state index in [1.54, 1.807) is 67.3 Å². The quantitative estimate of drug-likeness (QED) is 0.103. The molecule has 0 spiro atoms. The molecule has 3 aromatic carbocycles. The van der Waals surface area contributed by atoms with Gasteiger partial charge in [-0.05, 0) is 125 Å². The number of aromatic nitrogens is 2. The van der Waals surface area contributed by atoms with Gasteiger partial charge < -0.3 is 34.5 Å². The summed E-state index contributed by atoms with van der Waals surface area (Å²) in [5.74, 6) is 1.13. The summed E-state index contributed by atoms with van der Waals surface area (Å²) < 4.78 is 49.6. The third-order valence-electron chi connectivity index (χ3n) is 10.6. The van der Waals surface area contributed by atoms with Gasteiger partial charge in [0.25, 0.3) is 17.7 Å². The predicted octanol–water partition coefficient (Wildman–Crippen LogP) is 8.03. The summed E-state index contributed by atoms with van der Waals surface area (Å²) in [6.45, 7) is 10.3. The monoisotopic (exact) mass is 900 g/mol. The molecule has 0 aliphatic carbocycles. The van der Waals surface area contributed by atoms with Crippen molar-refractivity contribution in [3.63, 3.8) is 0 Å². The SMILES string of the molecule is COc1cc(C=CC(=O)N2CCC=CC2=O)cc(OC)c1OCC(=O)N1CCC(c2cc(OC(C)C)c(Nc3ncc(Cl)c(Nc4ccccc4S(=O)(=O)C(C)C)n3)cc2C)CC1. The molecular formula is C46H53ClN6O9S. The fourth-order valence-electron chi connectivity index (χ4n) is 7.30. The maximum absolute atomic E-state index is 13.5. The smallest absolute Gasteiger partial charge is 0.260 e. The summed E-state index contributed by atoms with van der Waals surface area (Å²) in [5.41, 5.74) is 3.69. The topological polar surface area (TPSA) is 179 Å². The van der Waals surface area contributed by atoms with Crippen molar-refractivity contribution in [2.45, 2.75) is 76.0 Å². The summed E-state index contributed by atoms with van der Waals surface area (Å²) in [4.78, 5) is 50.3. The molecule has 0 atom stereocenters. The van der Waals surface area contributed by atoms with Crippen molar-refractivity contribution in [3.05, 3.63) is 94.7 Å². The average Bonchev–Trinajstić information content (AvgIpc) is 3.26. The molecule has 3 amide bonds. The highest BCUT2D eigenvalue weighted by molar-refractivity contribution is 7.92. The lowest BCUT2D eigenvalue weighted by Gasteiger charge is -2.33. The maximum Gasteiger partial charge on any atom is 0.260 e. The Labute approximate surface area is 373 Å². The van der Waals surface area contributed by atoms with Gasteiger partial charge in [0.1, 0.15) is 10.8 Å². The summed E-state index contributed by atoms with van der Waals surface area (Å²) in [6, 6.07) is 14.0. The lowest BCUT2D eigenvalue weighted by molar-refractivity contribution is -0.139. The minimum Gasteiger partial charge on any atom is -0.493 e. The number of likely N-dealkylation sites (tertiary alicyclic amines) is 1. The van der Waals surface area contributed by atoms with Gasteiger partial charge in [0, 0.05) is 25.7 Å². The van der Waals surface area contributed by atoms with Crippen LogP contribution in [0.3, 0.4) is 0 Å². The van der Waals surface area contributed by atoms with Crippen molar-refractivity contribution in [3.8, 4) is 23.0 Å². The summed E-state index contributed by atoms with van der Waals surface area (Å²) in [6.07, 6.45) is 9.35. The van der Waals surface area contributed by atoms with Crippen LogP contribution in [0.1, 0.15) is 69.6 Å². The third-order valence-corrected chi connectivity index (χ3v) is 13.1. The highest BCUT2D eigenvalue weighted by Gasteiger charge is 2.28. The largest absolute Gasteiger partial charge is 0.493 e. The molecule has 0 saturated carbocycles. The van der Waals surface area contributed by atoms with Crippen LogP contribution < -0.4 is 29.6 Å². The van der Waals surface area contributed by atoms with Gasteiger partial charge in [-0.2, -0.15) is 4.98 Å². The Morgan fingerprint density at radius 1 is 0.952 bits per heavy atom. The Kier molecular flexibility index (Phi) is 15.0. The highest BCUT2D eigenvalue weighted by Crippen LogP contribution is 2.41. The van der Waals surface area contributed by atoms with Crippen LogP contribution in [0, 0.1) is 6.92 Å². The first-order valence-corrected chi connectivity index (χ1v) is 22.6. The van der Waals surface area contributed by atoms with Crippen LogP contribution in [0.15, 0.2) is 77.9 Å². The molecule has 2 aliphatic rings. The molecule has 6 rings (SSSR count). The van der Waals surface area contributed by atoms with E-state index in [0.717, 1.165) is 24.0 Å². The summed E-state index contributed by atoms with van der Waals surface area (Å²) in [7, 11) is -0.656. The van der Waals surface area contributed by atoms with Gasteiger partial charge in [-0.3, -0.25) is 19.3 Å². The first-order chi connectivity index (χ1) is 30.1. The van der Waals surface area contributed by atoms with E-state index in [1.807, 2.05) is 32.9 Å². The number of rotatable bonds is 16. The number of hydrogen-bond donors (Lipinski definition) is 2. The number of amides is 3. The van der Waals surface area contributed by atoms with Crippen molar-refractivity contribution >= 4 is 68.4 Å². The second-order valence-corrected chi connectivity index (χ2v) is 18.5. The minimum absolute atomic E-state index is 0.141. The molecule has 2 N–H and O–H groups in total. The molecule has 1 fully saturated rings. The Balaban J connectivity index is 1.11. The standard InChI is InChI=1S/C46H53ClN6O9S/c1-28(2)62-37-25-33(30(5)22-36(37)50-46-48-26-34(47)45(51-46)49-35-12-8-9-13-40(35)63(57,58)29(3)4)32-17-20-52(21-18-32)43(56)27-61-44-38(59-6)23-31(24-39(44)60-7)15-16-42(55)53-19-11-10-14-41(53)54/h8-10,12-16,22-26,28-29,32H,11,17-21,27H2,1-7H3,(H2,48,49,50,51). The third kappa shape index (κ3) is 11.1. The van der Waals surface area contributed by atoms with E-state index in [-0.39, 0.29) is 57.9 Å². The molecule has 0 unspecified atom stereocenters. The minimum atomic E-state index is -3.60. The van der Waals surface area contributed by atoms with Crippen molar-refractivity contribution in [2.75, 3.05) is 51.1 Å². The van der Waals surface area contributed by atoms with Crippen LogP contribution in [-0.4, -0.2) is 97.7 Å². The molecule has 3 heterocycles. The number of aryl methyl sites for hydroxylation is 1. The zero-order chi connectivity index (χ0) is 45.4. The summed E-state index contributed by atoms with van der Waals surface area (Å²) in [5, 5.41) is 5.95. The Morgan fingerprint density at radius 3 is 2.30 bits per heavy atom. The summed E-state index contributed by atoms with van der Waals surface area (Å²) >= 11 is 6.50. The van der Waals surface area contributed by atoms with Gasteiger partial charge in [0.05, 0.1) is 48.0 Å². The molecule has 15 nitrogen and oxygen atoms in total. The van der Waals surface area contributed by atoms with Gasteiger partial charge in [0.2, 0.25) is 11.7 Å². The molecule has 17 heteroatoms. The molecule has 2 aliphatic heterocycles. The van der Waals surface area contributed by atoms with E-state index in [1.165, 1.54) is 37.5 Å². The molecule has 0 radical (unpaired) electrons. The van der Waals surface area contributed by atoms with Crippen LogP contribution in [-0.2, 0) is 24.2 Å². The second-order valence-electron chi connectivity index (χ2n) is 15.7. The Bertz CT molecular complexity index is 2490. The number of nitrogens with zero attached hydrogens (tertiary/aromatic N) is 4. The van der Waals surface area contributed by atoms with Gasteiger partial charge in [0.15, 0.2) is 33.8 Å². The normalized spacial score (nSPS) is 14.7. The van der Waals surface area contributed by atoms with E-state index in [9.17, 15) is 22.8 Å². The molecule has 63 heavy (non-hydrogen) atoms. The van der Waals surface area contributed by atoms with Crippen molar-refractivity contribution < 1.29 is 41.7 Å². The van der Waals surface area contributed by atoms with Gasteiger partial charge in [-0.1, -0.05) is 29.8 Å². The zero-order valence-corrected chi connectivity index (χ0v) is 38.0. The number of carbonyl (C=O) groups excluding carboxylic acids is 3. The van der Waals surface area contributed by atoms with Crippen LogP contribution in [0.5, 0.6) is 23.0 Å². The molecule has 0 bridgehead atoms. The number of halogens is 1. The van der Waals surface area contributed by atoms with E-state index >= 15 is 0 Å². The number of para-hydroxylation sites is 1. The van der Waals surface area contributed by atoms with E-state index < -0.39 is 21.0 Å². The van der Waals surface area contributed by atoms with Crippen molar-refractivity contribution in [1.82, 2.24) is 19.8 Å². The number of imide groups is 1. The van der Waals surface area contributed by atoms with Crippen molar-refractivity contribution in [1.29, 1.82) is 0 Å². The first-order valence-electron chi connectivity index (χ1n) is 20.7. The van der Waals surface area contributed by atoms with E-state index in [4.69, 9.17) is 30.5 Å². The number of nitrogens with one attached hydrogen (secondary N) is 2. The number of piperidine rings is 1. The molecule has 1 saturated heterocycles. The van der Waals surface area contributed by atoms with E-state index in [2.05, 4.69) is 20.6 Å². The Morgan fingerprint density at radius 2 is 1.65 bits per heavy atom. The predicted molar refractivity (Wildman–Crippen MR) is 242 cm³/mol. The number of ether oxygens (including phenoxy) is 4. The number of anilines is 4. The van der Waals surface area contributed by atoms with Crippen LogP contribution in [0.4, 0.5) is 23.1 Å². The number of carbonyl (C=O) groups is 3. The molecule has 334 valence electrons. The Hall–Kier alpha value is -6.13. The molecular weight excluding hydrogens is 848 g/mol. The van der Waals surface area contributed by atoms with E-state index in [0.29, 0.717) is 60.2 Å². The van der Waals surface area contributed by atoms with Crippen LogP contribution >= 0.6 is 11.6 Å². The number of hydrogen-bond acceptors (Lipinski definition) is 13. The second kappa shape index (κ2) is 20.4. The molecule has 4 aromatic rings. The average molecular weight is 901 g/mol. The maximum atomic E-state index is 13.5. The lowest BCUT2D eigenvalue weighted by atomic mass is 9.86. The van der Waals surface area contributed by atoms with Gasteiger partial charge in [-0.15, -0.1) is 0 Å². The fraction of sp³-hybridized carbons (Fsp3) is 0.370. The molecule has 1 aromatic heterocycles. The first kappa shape index (κ1) is 46.4. The number of methoxy groups -OCH3 is 2. The van der Waals surface area contributed by atoms with Gasteiger partial charge >= 0.3 is 0 Å². The van der Waals surface area contributed by atoms with Crippen LogP contribution in [0.2, 0.25) is 5.02 Å². The zero-order valence-electron chi connectivity index (χ0n) is 36.4. The fourth-order valence-corrected chi connectivity index (χ4v) is 8.64. The number of sulfone groups is 1. The van der Waals surface area contributed by atoms with Gasteiger partial charge in [-0.25, -0.2) is 13.4 Å². The van der Waals surface area contributed by atoms with Crippen molar-refractivity contribution in [2.24, 2.45) is 0 Å². The lowest BCUT2D eigenvalue weighted by Crippen LogP contribution is -2.40.